The molecule has 1 aliphatic carbocycles. The predicted octanol–water partition coefficient (Wildman–Crippen LogP) is 2.87. The van der Waals surface area contributed by atoms with Crippen LogP contribution in [0.4, 0.5) is 8.78 Å². The number of nitrogens with one attached hydrogen (secondary N) is 1. The summed E-state index contributed by atoms with van der Waals surface area (Å²) in [6.45, 7) is 3.01. The fourth-order valence-corrected chi connectivity index (χ4v) is 7.88. The van der Waals surface area contributed by atoms with Crippen LogP contribution in [0.2, 0.25) is 0 Å². The molecule has 2 aromatic heterocycles. The summed E-state index contributed by atoms with van der Waals surface area (Å²) in [5.41, 5.74) is 7.34. The molecule has 0 spiro atoms. The molecule has 0 radical (unpaired) electrons. The van der Waals surface area contributed by atoms with Crippen LogP contribution in [0.1, 0.15) is 38.1 Å². The minimum atomic E-state index is -4.22. The summed E-state index contributed by atoms with van der Waals surface area (Å²) in [5, 5.41) is 9.26. The Labute approximate surface area is 202 Å². The molecule has 0 aromatic carbocycles. The molecule has 2 fully saturated rings. The Morgan fingerprint density at radius 3 is 2.69 bits per heavy atom. The largest absolute Gasteiger partial charge is 0.370 e. The Bertz CT molecular complexity index is 1320. The molecule has 35 heavy (non-hydrogen) atoms. The molecule has 3 N–H and O–H groups in total. The van der Waals surface area contributed by atoms with Crippen LogP contribution >= 0.6 is 0 Å². The molecule has 4 rings (SSSR count). The van der Waals surface area contributed by atoms with Gasteiger partial charge in [-0.25, -0.2) is 26.9 Å². The van der Waals surface area contributed by atoms with Crippen molar-refractivity contribution in [2.75, 3.05) is 0 Å². The van der Waals surface area contributed by atoms with Crippen LogP contribution in [-0.4, -0.2) is 41.0 Å². The van der Waals surface area contributed by atoms with Gasteiger partial charge in [0.25, 0.3) is 5.92 Å². The molecular weight excluding hydrogens is 476 g/mol. The number of primary amides is 1. The predicted molar refractivity (Wildman–Crippen MR) is 125 cm³/mol. The van der Waals surface area contributed by atoms with Crippen molar-refractivity contribution in [2.24, 2.45) is 23.5 Å². The van der Waals surface area contributed by atoms with Gasteiger partial charge in [-0.05, 0) is 37.1 Å². The van der Waals surface area contributed by atoms with Crippen LogP contribution in [0.3, 0.4) is 0 Å². The Kier molecular flexibility index (Phi) is 6.23. The van der Waals surface area contributed by atoms with Crippen LogP contribution in [0.25, 0.3) is 17.2 Å². The number of nitrogens with two attached hydrogens (primary N) is 1. The number of rotatable bonds is 5. The maximum absolute atomic E-state index is 15.2. The van der Waals surface area contributed by atoms with Gasteiger partial charge in [0.1, 0.15) is 16.5 Å². The summed E-state index contributed by atoms with van der Waals surface area (Å²) in [5.74, 6) is -7.07. The van der Waals surface area contributed by atoms with E-state index in [1.54, 1.807) is 49.5 Å². The van der Waals surface area contributed by atoms with E-state index in [4.69, 9.17) is 5.73 Å². The van der Waals surface area contributed by atoms with Crippen molar-refractivity contribution >= 4 is 22.0 Å². The Morgan fingerprint density at radius 1 is 1.31 bits per heavy atom. The van der Waals surface area contributed by atoms with Crippen molar-refractivity contribution in [3.8, 4) is 17.2 Å². The highest BCUT2D eigenvalue weighted by atomic mass is 32.2. The van der Waals surface area contributed by atoms with Gasteiger partial charge in [-0.1, -0.05) is 19.1 Å². The number of pyridine rings is 2. The number of aromatic nitrogens is 2. The first-order valence-corrected chi connectivity index (χ1v) is 12.6. The van der Waals surface area contributed by atoms with Gasteiger partial charge in [0.15, 0.2) is 0 Å². The van der Waals surface area contributed by atoms with Crippen molar-refractivity contribution in [2.45, 2.75) is 43.4 Å². The van der Waals surface area contributed by atoms with Crippen LogP contribution in [0, 0.1) is 29.1 Å². The number of hydrogen-bond acceptors (Lipinski definition) is 6. The highest BCUT2D eigenvalue weighted by Crippen LogP contribution is 2.58. The zero-order valence-corrected chi connectivity index (χ0v) is 20.0. The number of carbonyl (C=O) groups excluding carboxylic acids is 1. The molecule has 5 atom stereocenters. The average Bonchev–Trinajstić information content (AvgIpc) is 2.97. The number of nitrogens with zero attached hydrogens (tertiary/aromatic N) is 3. The molecular formula is C24H25F2N5O3S. The standard InChI is InChI=1S/C24H25F2N5O3S/c1-14-18(8-7-17-6-5-16(12-30-17)19-4-3-9-29-20(19)11-27)22-15(2)31-35(33,34)23(22,10-21(28)32)13-24(14,25)26/h3-9,12,14-15,18,22,31H,10,13H2,1-2H3,(H2,28,32)/b8-7+/t14-,15+,18-,22-,23?/m0/s1. The molecule has 11 heteroatoms. The van der Waals surface area contributed by atoms with Crippen molar-refractivity contribution in [3.05, 3.63) is 54.1 Å². The lowest BCUT2D eigenvalue weighted by Gasteiger charge is -2.48. The lowest BCUT2D eigenvalue weighted by atomic mass is 9.61. The molecule has 0 bridgehead atoms. The molecule has 184 valence electrons. The summed E-state index contributed by atoms with van der Waals surface area (Å²) >= 11 is 0. The summed E-state index contributed by atoms with van der Waals surface area (Å²) in [7, 11) is -4.22. The van der Waals surface area contributed by atoms with Crippen molar-refractivity contribution in [1.29, 1.82) is 5.26 Å². The van der Waals surface area contributed by atoms with Gasteiger partial charge in [-0.15, -0.1) is 0 Å². The minimum Gasteiger partial charge on any atom is -0.370 e. The molecule has 1 saturated carbocycles. The van der Waals surface area contributed by atoms with E-state index in [0.717, 1.165) is 0 Å². The first-order chi connectivity index (χ1) is 16.4. The van der Waals surface area contributed by atoms with Crippen LogP contribution in [0.5, 0.6) is 0 Å². The number of hydrogen-bond donors (Lipinski definition) is 2. The van der Waals surface area contributed by atoms with E-state index in [1.807, 2.05) is 6.07 Å². The van der Waals surface area contributed by atoms with Gasteiger partial charge in [-0.3, -0.25) is 9.78 Å². The first kappa shape index (κ1) is 24.9. The van der Waals surface area contributed by atoms with Gasteiger partial charge < -0.3 is 5.73 Å². The van der Waals surface area contributed by atoms with Crippen molar-refractivity contribution in [3.63, 3.8) is 0 Å². The number of fused-ring (bicyclic) bond motifs is 1. The number of sulfonamides is 1. The normalized spacial score (nSPS) is 31.1. The SMILES string of the molecule is C[C@H]1NS(=O)(=O)C2(CC(N)=O)CC(F)(F)[C@@H](C)[C@H](/C=C/c3ccc(-c4cccnc4C#N)cn3)[C@H]12. The van der Waals surface area contributed by atoms with E-state index in [2.05, 4.69) is 14.7 Å². The summed E-state index contributed by atoms with van der Waals surface area (Å²) in [6, 6.07) is 8.24. The van der Waals surface area contributed by atoms with Gasteiger partial charge in [0, 0.05) is 54.2 Å². The molecule has 2 aliphatic rings. The van der Waals surface area contributed by atoms with E-state index < -0.39 is 63.2 Å². The molecule has 3 heterocycles. The Balaban J connectivity index is 1.70. The number of halogens is 2. The second kappa shape index (κ2) is 8.77. The lowest BCUT2D eigenvalue weighted by Crippen LogP contribution is -2.58. The molecule has 1 aliphatic heterocycles. The third-order valence-corrected chi connectivity index (χ3v) is 9.50. The highest BCUT2D eigenvalue weighted by molar-refractivity contribution is 7.91. The monoisotopic (exact) mass is 501 g/mol. The van der Waals surface area contributed by atoms with Crippen LogP contribution in [-0.2, 0) is 14.8 Å². The quantitative estimate of drug-likeness (QED) is 0.646. The number of carbonyl (C=O) groups is 1. The highest BCUT2D eigenvalue weighted by Gasteiger charge is 2.69. The Morgan fingerprint density at radius 2 is 2.06 bits per heavy atom. The molecule has 1 unspecified atom stereocenters. The summed E-state index contributed by atoms with van der Waals surface area (Å²) < 4.78 is 56.8. The number of amides is 1. The summed E-state index contributed by atoms with van der Waals surface area (Å²) in [4.78, 5) is 20.2. The second-order valence-corrected chi connectivity index (χ2v) is 11.3. The van der Waals surface area contributed by atoms with Crippen LogP contribution < -0.4 is 10.5 Å². The van der Waals surface area contributed by atoms with Gasteiger partial charge in [-0.2, -0.15) is 5.26 Å². The minimum absolute atomic E-state index is 0.255. The zero-order chi connectivity index (χ0) is 25.6. The van der Waals surface area contributed by atoms with E-state index in [-0.39, 0.29) is 5.69 Å². The number of alkyl halides is 2. The van der Waals surface area contributed by atoms with Gasteiger partial charge in [0.2, 0.25) is 15.9 Å². The summed E-state index contributed by atoms with van der Waals surface area (Å²) in [6.07, 6.45) is 4.57. The number of allylic oxidation sites excluding steroid dienone is 1. The van der Waals surface area contributed by atoms with E-state index >= 15 is 8.78 Å². The zero-order valence-electron chi connectivity index (χ0n) is 19.2. The van der Waals surface area contributed by atoms with E-state index in [0.29, 0.717) is 16.8 Å². The molecule has 1 amide bonds. The average molecular weight is 502 g/mol. The second-order valence-electron chi connectivity index (χ2n) is 9.29. The van der Waals surface area contributed by atoms with Crippen molar-refractivity contribution in [1.82, 2.24) is 14.7 Å². The molecule has 8 nitrogen and oxygen atoms in total. The third kappa shape index (κ3) is 4.21. The van der Waals surface area contributed by atoms with Crippen molar-refractivity contribution < 1.29 is 22.0 Å². The van der Waals surface area contributed by atoms with Gasteiger partial charge >= 0.3 is 0 Å². The number of nitriles is 1. The first-order valence-electron chi connectivity index (χ1n) is 11.1. The molecule has 2 aromatic rings. The smallest absolute Gasteiger partial charge is 0.252 e. The topological polar surface area (TPSA) is 139 Å². The Hall–Kier alpha value is -3.23. The maximum Gasteiger partial charge on any atom is 0.252 e. The van der Waals surface area contributed by atoms with E-state index in [1.165, 1.54) is 13.1 Å². The lowest BCUT2D eigenvalue weighted by molar-refractivity contribution is -0.133. The van der Waals surface area contributed by atoms with Gasteiger partial charge in [0.05, 0.1) is 5.69 Å². The maximum atomic E-state index is 15.2. The third-order valence-electron chi connectivity index (χ3n) is 7.19. The fourth-order valence-electron chi connectivity index (χ4n) is 5.58. The van der Waals surface area contributed by atoms with E-state index in [9.17, 15) is 18.5 Å². The van der Waals surface area contributed by atoms with Crippen LogP contribution in [0.15, 0.2) is 42.7 Å². The fraction of sp³-hybridized carbons (Fsp3) is 0.417. The molecule has 1 saturated heterocycles.